The Morgan fingerprint density at radius 1 is 1.04 bits per heavy atom. The van der Waals surface area contributed by atoms with Crippen molar-refractivity contribution >= 4 is 15.9 Å². The van der Waals surface area contributed by atoms with E-state index in [-0.39, 0.29) is 17.1 Å². The smallest absolute Gasteiger partial charge is 0.268 e. The van der Waals surface area contributed by atoms with Gasteiger partial charge in [-0.2, -0.15) is 0 Å². The van der Waals surface area contributed by atoms with Crippen LogP contribution < -0.4 is 10.0 Å². The van der Waals surface area contributed by atoms with Crippen LogP contribution in [0, 0.1) is 0 Å². The average Bonchev–Trinajstić information content (AvgIpc) is 3.18. The van der Waals surface area contributed by atoms with Gasteiger partial charge in [0.15, 0.2) is 0 Å². The van der Waals surface area contributed by atoms with Gasteiger partial charge < -0.3 is 10.3 Å². The summed E-state index contributed by atoms with van der Waals surface area (Å²) in [6.07, 6.45) is 7.77. The van der Waals surface area contributed by atoms with Crippen LogP contribution in [-0.2, 0) is 23.1 Å². The number of hydrogen-bond donors (Lipinski definition) is 3. The van der Waals surface area contributed by atoms with Crippen molar-refractivity contribution in [1.29, 1.82) is 0 Å². The van der Waals surface area contributed by atoms with E-state index in [1.54, 1.807) is 43.0 Å². The fraction of sp³-hybridized carbons (Fsp3) is 0.118. The zero-order chi connectivity index (χ0) is 18.4. The zero-order valence-electron chi connectivity index (χ0n) is 13.7. The van der Waals surface area contributed by atoms with E-state index in [0.717, 1.165) is 11.1 Å². The standard InChI is InChI=1S/C17H17N5O3S/c23-17(21-10-13-3-1-5-18-8-13)16-7-15(12-20-16)26(24,25)22-11-14-4-2-6-19-9-14/h1-9,12,20,22H,10-11H2,(H,21,23). The van der Waals surface area contributed by atoms with E-state index in [9.17, 15) is 13.2 Å². The number of H-pyrrole nitrogens is 1. The monoisotopic (exact) mass is 371 g/mol. The van der Waals surface area contributed by atoms with E-state index in [4.69, 9.17) is 0 Å². The third-order valence-electron chi connectivity index (χ3n) is 3.58. The Kier molecular flexibility index (Phi) is 5.40. The Morgan fingerprint density at radius 3 is 2.31 bits per heavy atom. The lowest BCUT2D eigenvalue weighted by Crippen LogP contribution is -2.24. The number of carbonyl (C=O) groups is 1. The predicted molar refractivity (Wildman–Crippen MR) is 94.5 cm³/mol. The van der Waals surface area contributed by atoms with Crippen LogP contribution >= 0.6 is 0 Å². The molecule has 3 heterocycles. The van der Waals surface area contributed by atoms with Crippen LogP contribution in [0.15, 0.2) is 66.2 Å². The van der Waals surface area contributed by atoms with Crippen LogP contribution in [0.2, 0.25) is 0 Å². The summed E-state index contributed by atoms with van der Waals surface area (Å²) in [7, 11) is -3.74. The van der Waals surface area contributed by atoms with Crippen molar-refractivity contribution in [2.45, 2.75) is 18.0 Å². The van der Waals surface area contributed by atoms with Gasteiger partial charge in [-0.25, -0.2) is 13.1 Å². The van der Waals surface area contributed by atoms with Gasteiger partial charge in [0.05, 0.1) is 0 Å². The molecule has 1 amide bonds. The first-order valence-corrected chi connectivity index (χ1v) is 9.27. The molecule has 0 atom stereocenters. The van der Waals surface area contributed by atoms with Crippen molar-refractivity contribution in [2.24, 2.45) is 0 Å². The molecular formula is C17H17N5O3S. The molecule has 8 nitrogen and oxygen atoms in total. The van der Waals surface area contributed by atoms with Gasteiger partial charge in [-0.15, -0.1) is 0 Å². The lowest BCUT2D eigenvalue weighted by molar-refractivity contribution is 0.0946. The Morgan fingerprint density at radius 2 is 1.69 bits per heavy atom. The van der Waals surface area contributed by atoms with Crippen LogP contribution in [0.5, 0.6) is 0 Å². The third-order valence-corrected chi connectivity index (χ3v) is 4.96. The molecule has 3 N–H and O–H groups in total. The molecule has 0 saturated carbocycles. The second kappa shape index (κ2) is 7.89. The Balaban J connectivity index is 1.61. The first-order valence-electron chi connectivity index (χ1n) is 7.79. The molecule has 3 aromatic heterocycles. The first kappa shape index (κ1) is 17.8. The molecule has 0 fully saturated rings. The third kappa shape index (κ3) is 4.52. The van der Waals surface area contributed by atoms with Crippen LogP contribution in [0.3, 0.4) is 0 Å². The lowest BCUT2D eigenvalue weighted by Gasteiger charge is -2.04. The van der Waals surface area contributed by atoms with Crippen LogP contribution in [0.1, 0.15) is 21.6 Å². The van der Waals surface area contributed by atoms with Crippen molar-refractivity contribution in [3.63, 3.8) is 0 Å². The molecule has 0 aliphatic heterocycles. The normalized spacial score (nSPS) is 11.2. The maximum Gasteiger partial charge on any atom is 0.268 e. The molecule has 26 heavy (non-hydrogen) atoms. The Labute approximate surface area is 150 Å². The fourth-order valence-corrected chi connectivity index (χ4v) is 3.22. The van der Waals surface area contributed by atoms with Gasteiger partial charge in [-0.05, 0) is 29.3 Å². The highest BCUT2D eigenvalue weighted by Gasteiger charge is 2.18. The summed E-state index contributed by atoms with van der Waals surface area (Å²) in [6, 6.07) is 8.40. The highest BCUT2D eigenvalue weighted by molar-refractivity contribution is 7.89. The SMILES string of the molecule is O=C(NCc1cccnc1)c1cc(S(=O)(=O)NCc2cccnc2)c[nH]1. The van der Waals surface area contributed by atoms with Crippen molar-refractivity contribution < 1.29 is 13.2 Å². The predicted octanol–water partition coefficient (Wildman–Crippen LogP) is 1.21. The van der Waals surface area contributed by atoms with E-state index in [1.165, 1.54) is 12.3 Å². The van der Waals surface area contributed by atoms with Crippen LogP contribution in [-0.4, -0.2) is 29.3 Å². The highest BCUT2D eigenvalue weighted by atomic mass is 32.2. The number of aromatic amines is 1. The largest absolute Gasteiger partial charge is 0.356 e. The van der Waals surface area contributed by atoms with E-state index < -0.39 is 15.9 Å². The van der Waals surface area contributed by atoms with E-state index in [2.05, 4.69) is 25.0 Å². The van der Waals surface area contributed by atoms with Gasteiger partial charge in [-0.3, -0.25) is 14.8 Å². The molecule has 0 spiro atoms. The maximum atomic E-state index is 12.3. The summed E-state index contributed by atoms with van der Waals surface area (Å²) in [4.78, 5) is 22.7. The number of sulfonamides is 1. The molecule has 9 heteroatoms. The number of pyridine rings is 2. The molecule has 0 unspecified atom stereocenters. The number of carbonyl (C=O) groups excluding carboxylic acids is 1. The lowest BCUT2D eigenvalue weighted by atomic mass is 10.3. The van der Waals surface area contributed by atoms with Crippen molar-refractivity contribution in [2.75, 3.05) is 0 Å². The van der Waals surface area contributed by atoms with E-state index in [1.807, 2.05) is 6.07 Å². The highest BCUT2D eigenvalue weighted by Crippen LogP contribution is 2.11. The summed E-state index contributed by atoms with van der Waals surface area (Å²) >= 11 is 0. The van der Waals surface area contributed by atoms with Gasteiger partial charge in [0, 0.05) is 44.1 Å². The molecule has 134 valence electrons. The van der Waals surface area contributed by atoms with Gasteiger partial charge in [0.2, 0.25) is 10.0 Å². The number of aromatic nitrogens is 3. The molecule has 3 rings (SSSR count). The summed E-state index contributed by atoms with van der Waals surface area (Å²) in [5.41, 5.74) is 1.75. The second-order valence-corrected chi connectivity index (χ2v) is 7.25. The fourth-order valence-electron chi connectivity index (χ4n) is 2.21. The minimum absolute atomic E-state index is 0.00656. The molecule has 0 aliphatic rings. The van der Waals surface area contributed by atoms with Gasteiger partial charge in [-0.1, -0.05) is 12.1 Å². The summed E-state index contributed by atoms with van der Waals surface area (Å²) in [6.45, 7) is 0.414. The topological polar surface area (TPSA) is 117 Å². The van der Waals surface area contributed by atoms with E-state index >= 15 is 0 Å². The maximum absolute atomic E-state index is 12.3. The van der Waals surface area contributed by atoms with Crippen molar-refractivity contribution in [1.82, 2.24) is 25.0 Å². The van der Waals surface area contributed by atoms with Crippen molar-refractivity contribution in [3.05, 3.63) is 78.1 Å². The van der Waals surface area contributed by atoms with E-state index in [0.29, 0.717) is 6.54 Å². The Hall–Kier alpha value is -3.04. The molecule has 0 aromatic carbocycles. The second-order valence-electron chi connectivity index (χ2n) is 5.48. The summed E-state index contributed by atoms with van der Waals surface area (Å²) in [5.74, 6) is -0.400. The minimum atomic E-state index is -3.74. The van der Waals surface area contributed by atoms with Crippen LogP contribution in [0.4, 0.5) is 0 Å². The number of rotatable bonds is 7. The number of nitrogens with one attached hydrogen (secondary N) is 3. The molecule has 0 saturated heterocycles. The average molecular weight is 371 g/mol. The number of hydrogen-bond acceptors (Lipinski definition) is 5. The summed E-state index contributed by atoms with van der Waals surface area (Å²) in [5, 5.41) is 2.70. The first-order chi connectivity index (χ1) is 12.5. The Bertz CT molecular complexity index is 972. The quantitative estimate of drug-likeness (QED) is 0.577. The van der Waals surface area contributed by atoms with Gasteiger partial charge in [0.1, 0.15) is 10.6 Å². The number of amides is 1. The zero-order valence-corrected chi connectivity index (χ0v) is 14.5. The molecular weight excluding hydrogens is 354 g/mol. The molecule has 3 aromatic rings. The molecule has 0 bridgehead atoms. The van der Waals surface area contributed by atoms with Gasteiger partial charge >= 0.3 is 0 Å². The molecule has 0 radical (unpaired) electrons. The minimum Gasteiger partial charge on any atom is -0.356 e. The van der Waals surface area contributed by atoms with Crippen molar-refractivity contribution in [3.8, 4) is 0 Å². The molecule has 0 aliphatic carbocycles. The number of nitrogens with zero attached hydrogens (tertiary/aromatic N) is 2. The van der Waals surface area contributed by atoms with Gasteiger partial charge in [0.25, 0.3) is 5.91 Å². The summed E-state index contributed by atoms with van der Waals surface area (Å²) < 4.78 is 27.1. The van der Waals surface area contributed by atoms with Crippen LogP contribution in [0.25, 0.3) is 0 Å².